The van der Waals surface area contributed by atoms with Crippen molar-refractivity contribution in [1.82, 2.24) is 4.98 Å². The van der Waals surface area contributed by atoms with Gasteiger partial charge >= 0.3 is 5.97 Å². The third kappa shape index (κ3) is 5.34. The van der Waals surface area contributed by atoms with E-state index < -0.39 is 11.7 Å². The molecule has 6 heteroatoms. The first-order valence-corrected chi connectivity index (χ1v) is 3.40. The molecule has 4 N–H and O–H groups in total. The van der Waals surface area contributed by atoms with Gasteiger partial charge in [-0.25, -0.2) is 9.59 Å². The highest BCUT2D eigenvalue weighted by atomic mass is 16.4. The first kappa shape index (κ1) is 11.7. The van der Waals surface area contributed by atoms with Crippen LogP contribution in [0.3, 0.4) is 0 Å². The molecule has 1 aromatic heterocycles. The number of hydrogen-bond donors (Lipinski definition) is 3. The molecular weight excluding hydrogens is 188 g/mol. The van der Waals surface area contributed by atoms with Gasteiger partial charge in [0.25, 0.3) is 0 Å². The molecule has 0 aromatic carbocycles. The van der Waals surface area contributed by atoms with Crippen LogP contribution >= 0.6 is 0 Å². The van der Waals surface area contributed by atoms with Crippen molar-refractivity contribution in [3.05, 3.63) is 30.2 Å². The Morgan fingerprint density at radius 3 is 2.36 bits per heavy atom. The van der Waals surface area contributed by atoms with Crippen LogP contribution in [0.2, 0.25) is 0 Å². The number of nitrogens with two attached hydrogens (primary N) is 1. The fourth-order valence-corrected chi connectivity index (χ4v) is 0.397. The Morgan fingerprint density at radius 2 is 2.21 bits per heavy atom. The van der Waals surface area contributed by atoms with E-state index in [1.54, 1.807) is 18.3 Å². The molecule has 0 radical (unpaired) electrons. The minimum Gasteiger partial charge on any atom is -0.506 e. The van der Waals surface area contributed by atoms with E-state index in [0.717, 1.165) is 5.94 Å². The van der Waals surface area contributed by atoms with E-state index in [9.17, 15) is 9.59 Å². The quantitative estimate of drug-likeness (QED) is 0.413. The SMILES string of the molecule is NC(=C=O)C(=O)O.Oc1cccnc1. The van der Waals surface area contributed by atoms with Gasteiger partial charge in [-0.2, -0.15) is 0 Å². The maximum atomic E-state index is 9.51. The molecule has 1 rings (SSSR count). The highest BCUT2D eigenvalue weighted by Gasteiger charge is 1.97. The molecule has 0 saturated heterocycles. The maximum Gasteiger partial charge on any atom is 0.363 e. The summed E-state index contributed by atoms with van der Waals surface area (Å²) in [4.78, 5) is 22.4. The van der Waals surface area contributed by atoms with Crippen LogP contribution in [0.5, 0.6) is 5.75 Å². The normalized spacial score (nSPS) is 7.71. The highest BCUT2D eigenvalue weighted by Crippen LogP contribution is 1.99. The van der Waals surface area contributed by atoms with Crippen LogP contribution in [0.25, 0.3) is 0 Å². The fraction of sp³-hybridized carbons (Fsp3) is 0. The second-order valence-electron chi connectivity index (χ2n) is 2.03. The molecule has 1 aromatic rings. The Kier molecular flexibility index (Phi) is 5.18. The number of pyridine rings is 1. The number of aromatic nitrogens is 1. The van der Waals surface area contributed by atoms with E-state index in [2.05, 4.69) is 10.7 Å². The van der Waals surface area contributed by atoms with Gasteiger partial charge < -0.3 is 15.9 Å². The van der Waals surface area contributed by atoms with Crippen molar-refractivity contribution in [2.75, 3.05) is 0 Å². The summed E-state index contributed by atoms with van der Waals surface area (Å²) in [5, 5.41) is 16.3. The molecule has 0 fully saturated rings. The molecule has 0 spiro atoms. The van der Waals surface area contributed by atoms with Crippen molar-refractivity contribution in [2.45, 2.75) is 0 Å². The van der Waals surface area contributed by atoms with Gasteiger partial charge in [0.05, 0.1) is 6.20 Å². The van der Waals surface area contributed by atoms with Crippen molar-refractivity contribution in [3.8, 4) is 5.75 Å². The van der Waals surface area contributed by atoms with E-state index in [-0.39, 0.29) is 5.75 Å². The largest absolute Gasteiger partial charge is 0.506 e. The summed E-state index contributed by atoms with van der Waals surface area (Å²) in [6.07, 6.45) is 3.00. The summed E-state index contributed by atoms with van der Waals surface area (Å²) in [5.41, 5.74) is 3.72. The molecular formula is C8H8N2O4. The molecule has 0 amide bonds. The summed E-state index contributed by atoms with van der Waals surface area (Å²) in [5.74, 6) is -0.215. The average Bonchev–Trinajstić information content (AvgIpc) is 2.18. The van der Waals surface area contributed by atoms with E-state index in [1.165, 1.54) is 6.20 Å². The lowest BCUT2D eigenvalue weighted by atomic mass is 10.5. The zero-order chi connectivity index (χ0) is 11.0. The summed E-state index contributed by atoms with van der Waals surface area (Å²) in [7, 11) is 0. The van der Waals surface area contributed by atoms with Crippen molar-refractivity contribution in [2.24, 2.45) is 5.73 Å². The molecule has 0 aliphatic heterocycles. The second kappa shape index (κ2) is 6.22. The lowest BCUT2D eigenvalue weighted by Gasteiger charge is -1.81. The maximum absolute atomic E-state index is 9.51. The number of rotatable bonds is 1. The zero-order valence-electron chi connectivity index (χ0n) is 7.04. The van der Waals surface area contributed by atoms with Gasteiger partial charge in [0.2, 0.25) is 5.70 Å². The number of nitrogens with zero attached hydrogens (tertiary/aromatic N) is 1. The van der Waals surface area contributed by atoms with E-state index in [0.29, 0.717) is 0 Å². The highest BCUT2D eigenvalue weighted by molar-refractivity contribution is 5.94. The Bertz CT molecular complexity index is 344. The van der Waals surface area contributed by atoms with Crippen molar-refractivity contribution < 1.29 is 19.8 Å². The van der Waals surface area contributed by atoms with Gasteiger partial charge in [0, 0.05) is 6.20 Å². The van der Waals surface area contributed by atoms with Gasteiger partial charge in [-0.15, -0.1) is 0 Å². The molecule has 6 nitrogen and oxygen atoms in total. The van der Waals surface area contributed by atoms with Crippen LogP contribution in [0, 0.1) is 0 Å². The van der Waals surface area contributed by atoms with Gasteiger partial charge in [-0.05, 0) is 12.1 Å². The van der Waals surface area contributed by atoms with Crippen LogP contribution in [-0.4, -0.2) is 27.1 Å². The molecule has 0 atom stereocenters. The van der Waals surface area contributed by atoms with Crippen LogP contribution in [0.15, 0.2) is 30.2 Å². The first-order valence-electron chi connectivity index (χ1n) is 3.40. The predicted molar refractivity (Wildman–Crippen MR) is 46.9 cm³/mol. The second-order valence-corrected chi connectivity index (χ2v) is 2.03. The minimum atomic E-state index is -1.44. The fourth-order valence-electron chi connectivity index (χ4n) is 0.397. The first-order chi connectivity index (χ1) is 6.57. The number of carbonyl (C=O) groups excluding carboxylic acids is 1. The molecule has 0 saturated carbocycles. The Hall–Kier alpha value is -2.33. The van der Waals surface area contributed by atoms with Gasteiger partial charge in [0.15, 0.2) is 5.94 Å². The van der Waals surface area contributed by atoms with Crippen LogP contribution in [-0.2, 0) is 9.59 Å². The zero-order valence-corrected chi connectivity index (χ0v) is 7.04. The molecule has 74 valence electrons. The van der Waals surface area contributed by atoms with Gasteiger partial charge in [-0.1, -0.05) is 0 Å². The van der Waals surface area contributed by atoms with Crippen LogP contribution < -0.4 is 5.73 Å². The monoisotopic (exact) mass is 196 g/mol. The van der Waals surface area contributed by atoms with Crippen molar-refractivity contribution in [3.63, 3.8) is 0 Å². The summed E-state index contributed by atoms with van der Waals surface area (Å²) < 4.78 is 0. The third-order valence-electron chi connectivity index (χ3n) is 0.986. The van der Waals surface area contributed by atoms with Gasteiger partial charge in [0.1, 0.15) is 5.75 Å². The van der Waals surface area contributed by atoms with Gasteiger partial charge in [-0.3, -0.25) is 4.98 Å². The minimum absolute atomic E-state index is 0.211. The number of aromatic hydroxyl groups is 1. The van der Waals surface area contributed by atoms with Crippen LogP contribution in [0.4, 0.5) is 0 Å². The van der Waals surface area contributed by atoms with E-state index in [4.69, 9.17) is 10.2 Å². The molecule has 0 aliphatic rings. The smallest absolute Gasteiger partial charge is 0.363 e. The number of carboxylic acid groups (broad SMARTS) is 1. The van der Waals surface area contributed by atoms with E-state index in [1.807, 2.05) is 0 Å². The summed E-state index contributed by atoms with van der Waals surface area (Å²) in [6.45, 7) is 0. The lowest BCUT2D eigenvalue weighted by Crippen LogP contribution is -2.09. The lowest BCUT2D eigenvalue weighted by molar-refractivity contribution is -0.132. The number of aliphatic carboxylic acids is 1. The average molecular weight is 196 g/mol. The molecule has 1 heterocycles. The van der Waals surface area contributed by atoms with Crippen molar-refractivity contribution >= 4 is 11.9 Å². The topological polar surface area (TPSA) is 114 Å². The Morgan fingerprint density at radius 1 is 1.57 bits per heavy atom. The molecule has 0 bridgehead atoms. The molecule has 0 aliphatic carbocycles. The van der Waals surface area contributed by atoms with Crippen molar-refractivity contribution in [1.29, 1.82) is 0 Å². The summed E-state index contributed by atoms with van der Waals surface area (Å²) in [6, 6.07) is 3.25. The molecule has 0 unspecified atom stereocenters. The standard InChI is InChI=1S/C5H5NO.C3H3NO3/c7-5-2-1-3-6-4-5;4-2(1-5)3(6)7/h1-4,7H;4H2,(H,6,7). The molecule has 14 heavy (non-hydrogen) atoms. The third-order valence-corrected chi connectivity index (χ3v) is 0.986. The predicted octanol–water partition coefficient (Wildman–Crippen LogP) is -0.468. The number of carbonyl (C=O) groups is 1. The van der Waals surface area contributed by atoms with Crippen LogP contribution in [0.1, 0.15) is 0 Å². The van der Waals surface area contributed by atoms with E-state index >= 15 is 0 Å². The Balaban J connectivity index is 0.000000241. The Labute approximate surface area is 79.3 Å². The summed E-state index contributed by atoms with van der Waals surface area (Å²) >= 11 is 0. The number of carboxylic acids is 1. The number of hydrogen-bond acceptors (Lipinski definition) is 5.